The van der Waals surface area contributed by atoms with Crippen molar-refractivity contribution in [3.8, 4) is 11.8 Å². The SMILES string of the molecule is COCC(C)Oc1ccc(C)cc1C#N. The van der Waals surface area contributed by atoms with Crippen LogP contribution in [0.5, 0.6) is 5.75 Å². The van der Waals surface area contributed by atoms with Gasteiger partial charge in [-0.15, -0.1) is 0 Å². The molecule has 0 spiro atoms. The molecular weight excluding hydrogens is 190 g/mol. The summed E-state index contributed by atoms with van der Waals surface area (Å²) in [6.07, 6.45) is -0.0511. The molecule has 0 N–H and O–H groups in total. The van der Waals surface area contributed by atoms with Crippen LogP contribution in [0.3, 0.4) is 0 Å². The second kappa shape index (κ2) is 5.38. The van der Waals surface area contributed by atoms with E-state index in [4.69, 9.17) is 14.7 Å². The Kier molecular flexibility index (Phi) is 4.14. The molecule has 0 saturated heterocycles. The fraction of sp³-hybridized carbons (Fsp3) is 0.417. The number of rotatable bonds is 4. The van der Waals surface area contributed by atoms with Crippen LogP contribution in [0, 0.1) is 18.3 Å². The van der Waals surface area contributed by atoms with Gasteiger partial charge in [0.2, 0.25) is 0 Å². The summed E-state index contributed by atoms with van der Waals surface area (Å²) in [6, 6.07) is 7.68. The van der Waals surface area contributed by atoms with Crippen molar-refractivity contribution in [2.75, 3.05) is 13.7 Å². The van der Waals surface area contributed by atoms with Crippen molar-refractivity contribution in [1.29, 1.82) is 5.26 Å². The summed E-state index contributed by atoms with van der Waals surface area (Å²) in [4.78, 5) is 0. The van der Waals surface area contributed by atoms with Gasteiger partial charge in [0.25, 0.3) is 0 Å². The van der Waals surface area contributed by atoms with E-state index in [1.165, 1.54) is 0 Å². The Bertz CT molecular complexity index is 368. The normalized spacial score (nSPS) is 11.9. The summed E-state index contributed by atoms with van der Waals surface area (Å²) in [7, 11) is 1.63. The number of aryl methyl sites for hydroxylation is 1. The summed E-state index contributed by atoms with van der Waals surface area (Å²) in [5.41, 5.74) is 1.62. The molecule has 1 aromatic rings. The van der Waals surface area contributed by atoms with Gasteiger partial charge in [-0.25, -0.2) is 0 Å². The molecule has 0 aliphatic heterocycles. The summed E-state index contributed by atoms with van der Waals surface area (Å²) >= 11 is 0. The number of methoxy groups -OCH3 is 1. The van der Waals surface area contributed by atoms with Crippen LogP contribution in [-0.4, -0.2) is 19.8 Å². The van der Waals surface area contributed by atoms with E-state index in [0.717, 1.165) is 5.56 Å². The minimum atomic E-state index is -0.0511. The van der Waals surface area contributed by atoms with Crippen LogP contribution in [0.4, 0.5) is 0 Å². The maximum absolute atomic E-state index is 8.92. The number of benzene rings is 1. The molecular formula is C12H15NO2. The van der Waals surface area contributed by atoms with Gasteiger partial charge in [0, 0.05) is 7.11 Å². The van der Waals surface area contributed by atoms with Crippen LogP contribution in [-0.2, 0) is 4.74 Å². The minimum Gasteiger partial charge on any atom is -0.487 e. The number of nitriles is 1. The molecule has 1 atom stereocenters. The molecule has 0 saturated carbocycles. The van der Waals surface area contributed by atoms with Crippen molar-refractivity contribution < 1.29 is 9.47 Å². The van der Waals surface area contributed by atoms with E-state index in [9.17, 15) is 0 Å². The van der Waals surface area contributed by atoms with Gasteiger partial charge in [0.15, 0.2) is 0 Å². The molecule has 1 unspecified atom stereocenters. The Morgan fingerprint density at radius 3 is 2.80 bits per heavy atom. The van der Waals surface area contributed by atoms with Gasteiger partial charge < -0.3 is 9.47 Å². The van der Waals surface area contributed by atoms with Crippen LogP contribution in [0.2, 0.25) is 0 Å². The largest absolute Gasteiger partial charge is 0.487 e. The molecule has 0 aliphatic rings. The molecule has 3 nitrogen and oxygen atoms in total. The lowest BCUT2D eigenvalue weighted by Crippen LogP contribution is -2.18. The average molecular weight is 205 g/mol. The van der Waals surface area contributed by atoms with Crippen molar-refractivity contribution in [1.82, 2.24) is 0 Å². The van der Waals surface area contributed by atoms with E-state index in [0.29, 0.717) is 17.9 Å². The van der Waals surface area contributed by atoms with Crippen molar-refractivity contribution in [3.05, 3.63) is 29.3 Å². The first-order valence-corrected chi connectivity index (χ1v) is 4.83. The molecule has 0 heterocycles. The van der Waals surface area contributed by atoms with Crippen LogP contribution in [0.25, 0.3) is 0 Å². The maximum Gasteiger partial charge on any atom is 0.137 e. The Labute approximate surface area is 90.2 Å². The lowest BCUT2D eigenvalue weighted by molar-refractivity contribution is 0.0919. The smallest absolute Gasteiger partial charge is 0.137 e. The fourth-order valence-electron chi connectivity index (χ4n) is 1.32. The Hall–Kier alpha value is -1.53. The Morgan fingerprint density at radius 1 is 1.47 bits per heavy atom. The summed E-state index contributed by atoms with van der Waals surface area (Å²) in [5.74, 6) is 0.618. The average Bonchev–Trinajstić information content (AvgIpc) is 2.21. The first-order valence-electron chi connectivity index (χ1n) is 4.83. The van der Waals surface area contributed by atoms with Gasteiger partial charge in [0.1, 0.15) is 17.9 Å². The van der Waals surface area contributed by atoms with Gasteiger partial charge in [-0.3, -0.25) is 0 Å². The van der Waals surface area contributed by atoms with Gasteiger partial charge in [0.05, 0.1) is 12.2 Å². The quantitative estimate of drug-likeness (QED) is 0.757. The monoisotopic (exact) mass is 205 g/mol. The molecule has 1 rings (SSSR count). The molecule has 0 aromatic heterocycles. The van der Waals surface area contributed by atoms with Gasteiger partial charge in [-0.05, 0) is 31.5 Å². The zero-order valence-electron chi connectivity index (χ0n) is 9.28. The number of hydrogen-bond donors (Lipinski definition) is 0. The van der Waals surface area contributed by atoms with E-state index in [1.807, 2.05) is 32.0 Å². The zero-order chi connectivity index (χ0) is 11.3. The standard InChI is InChI=1S/C12H15NO2/c1-9-4-5-12(11(6-9)7-13)15-10(2)8-14-3/h4-6,10H,8H2,1-3H3. The number of nitrogens with zero attached hydrogens (tertiary/aromatic N) is 1. The van der Waals surface area contributed by atoms with E-state index in [1.54, 1.807) is 7.11 Å². The highest BCUT2D eigenvalue weighted by Crippen LogP contribution is 2.20. The summed E-state index contributed by atoms with van der Waals surface area (Å²) in [6.45, 7) is 4.37. The van der Waals surface area contributed by atoms with Gasteiger partial charge in [-0.1, -0.05) is 6.07 Å². The molecule has 0 radical (unpaired) electrons. The van der Waals surface area contributed by atoms with Crippen LogP contribution in [0.1, 0.15) is 18.1 Å². The third-order valence-electron chi connectivity index (χ3n) is 1.99. The third-order valence-corrected chi connectivity index (χ3v) is 1.99. The predicted octanol–water partition coefficient (Wildman–Crippen LogP) is 2.28. The fourth-order valence-corrected chi connectivity index (χ4v) is 1.32. The van der Waals surface area contributed by atoms with E-state index >= 15 is 0 Å². The second-order valence-electron chi connectivity index (χ2n) is 3.50. The lowest BCUT2D eigenvalue weighted by atomic mass is 10.1. The topological polar surface area (TPSA) is 42.2 Å². The molecule has 0 bridgehead atoms. The first kappa shape index (κ1) is 11.5. The first-order chi connectivity index (χ1) is 7.17. The van der Waals surface area contributed by atoms with Crippen molar-refractivity contribution in [3.63, 3.8) is 0 Å². The number of hydrogen-bond acceptors (Lipinski definition) is 3. The summed E-state index contributed by atoms with van der Waals surface area (Å²) in [5, 5.41) is 8.92. The molecule has 15 heavy (non-hydrogen) atoms. The van der Waals surface area contributed by atoms with Crippen molar-refractivity contribution >= 4 is 0 Å². The molecule has 80 valence electrons. The Balaban J connectivity index is 2.81. The van der Waals surface area contributed by atoms with Crippen LogP contribution in [0.15, 0.2) is 18.2 Å². The molecule has 0 amide bonds. The second-order valence-corrected chi connectivity index (χ2v) is 3.50. The van der Waals surface area contributed by atoms with Gasteiger partial charge in [-0.2, -0.15) is 5.26 Å². The van der Waals surface area contributed by atoms with E-state index in [2.05, 4.69) is 6.07 Å². The highest BCUT2D eigenvalue weighted by molar-refractivity contribution is 5.45. The molecule has 0 fully saturated rings. The third kappa shape index (κ3) is 3.26. The molecule has 3 heteroatoms. The van der Waals surface area contributed by atoms with Gasteiger partial charge >= 0.3 is 0 Å². The highest BCUT2D eigenvalue weighted by Gasteiger charge is 2.07. The predicted molar refractivity (Wildman–Crippen MR) is 57.9 cm³/mol. The van der Waals surface area contributed by atoms with E-state index < -0.39 is 0 Å². The summed E-state index contributed by atoms with van der Waals surface area (Å²) < 4.78 is 10.5. The lowest BCUT2D eigenvalue weighted by Gasteiger charge is -2.14. The van der Waals surface area contributed by atoms with Crippen molar-refractivity contribution in [2.24, 2.45) is 0 Å². The van der Waals surface area contributed by atoms with Crippen molar-refractivity contribution in [2.45, 2.75) is 20.0 Å². The highest BCUT2D eigenvalue weighted by atomic mass is 16.5. The van der Waals surface area contributed by atoms with Crippen LogP contribution < -0.4 is 4.74 Å². The molecule has 1 aromatic carbocycles. The zero-order valence-corrected chi connectivity index (χ0v) is 9.28. The number of ether oxygens (including phenoxy) is 2. The molecule has 0 aliphatic carbocycles. The Morgan fingerprint density at radius 2 is 2.20 bits per heavy atom. The minimum absolute atomic E-state index is 0.0511. The van der Waals surface area contributed by atoms with E-state index in [-0.39, 0.29) is 6.10 Å². The van der Waals surface area contributed by atoms with Crippen LogP contribution >= 0.6 is 0 Å². The maximum atomic E-state index is 8.92.